The Kier molecular flexibility index (Phi) is 6.18. The summed E-state index contributed by atoms with van der Waals surface area (Å²) in [6, 6.07) is 10.3. The third-order valence-electron chi connectivity index (χ3n) is 4.20. The van der Waals surface area contributed by atoms with E-state index in [9.17, 15) is 5.11 Å². The summed E-state index contributed by atoms with van der Waals surface area (Å²) in [5.41, 5.74) is 7.49. The van der Waals surface area contributed by atoms with Gasteiger partial charge < -0.3 is 15.7 Å². The van der Waals surface area contributed by atoms with E-state index in [-0.39, 0.29) is 11.5 Å². The number of nitrogens with two attached hydrogens (primary N) is 1. The zero-order valence-corrected chi connectivity index (χ0v) is 13.5. The van der Waals surface area contributed by atoms with Crippen LogP contribution in [-0.2, 0) is 6.42 Å². The van der Waals surface area contributed by atoms with E-state index in [2.05, 4.69) is 32.6 Å². The number of hydrogen-bond acceptors (Lipinski definition) is 3. The minimum absolute atomic E-state index is 0.192. The highest BCUT2D eigenvalue weighted by Crippen LogP contribution is 2.23. The van der Waals surface area contributed by atoms with Crippen molar-refractivity contribution in [2.45, 2.75) is 52.3 Å². The molecule has 0 radical (unpaired) electrons. The quantitative estimate of drug-likeness (QED) is 0.839. The number of likely N-dealkylation sites (N-methyl/N-ethyl adjacent to an activating group) is 1. The molecule has 0 fully saturated rings. The van der Waals surface area contributed by atoms with Gasteiger partial charge in [0.2, 0.25) is 0 Å². The van der Waals surface area contributed by atoms with Crippen molar-refractivity contribution in [1.29, 1.82) is 0 Å². The van der Waals surface area contributed by atoms with Crippen LogP contribution in [0.2, 0.25) is 0 Å². The molecule has 3 heteroatoms. The molecule has 3 nitrogen and oxygen atoms in total. The molecule has 3 N–H and O–H groups in total. The highest BCUT2D eigenvalue weighted by atomic mass is 16.3. The van der Waals surface area contributed by atoms with Gasteiger partial charge in [-0.1, -0.05) is 51.1 Å². The van der Waals surface area contributed by atoms with E-state index in [1.165, 1.54) is 5.56 Å². The lowest BCUT2D eigenvalue weighted by molar-refractivity contribution is 0.0582. The summed E-state index contributed by atoms with van der Waals surface area (Å²) < 4.78 is 0. The molecule has 1 rings (SSSR count). The van der Waals surface area contributed by atoms with Gasteiger partial charge in [0.15, 0.2) is 0 Å². The molecule has 1 aromatic carbocycles. The second kappa shape index (κ2) is 7.21. The molecular formula is C17H30N2O. The summed E-state index contributed by atoms with van der Waals surface area (Å²) in [6.45, 7) is 9.43. The average molecular weight is 278 g/mol. The van der Waals surface area contributed by atoms with Gasteiger partial charge in [0.1, 0.15) is 0 Å². The van der Waals surface area contributed by atoms with Crippen LogP contribution in [0, 0.1) is 5.41 Å². The molecule has 0 amide bonds. The first-order valence-corrected chi connectivity index (χ1v) is 7.39. The number of aliphatic hydroxyl groups is 1. The van der Waals surface area contributed by atoms with Crippen molar-refractivity contribution < 1.29 is 5.11 Å². The Morgan fingerprint density at radius 3 is 2.25 bits per heavy atom. The Morgan fingerprint density at radius 2 is 1.75 bits per heavy atom. The first-order valence-electron chi connectivity index (χ1n) is 7.39. The van der Waals surface area contributed by atoms with Crippen molar-refractivity contribution in [2.75, 3.05) is 13.6 Å². The van der Waals surface area contributed by atoms with E-state index in [4.69, 9.17) is 5.73 Å². The summed E-state index contributed by atoms with van der Waals surface area (Å²) >= 11 is 0. The first-order chi connectivity index (χ1) is 9.21. The van der Waals surface area contributed by atoms with Gasteiger partial charge in [0.05, 0.1) is 6.10 Å². The summed E-state index contributed by atoms with van der Waals surface area (Å²) in [5.74, 6) is 0. The molecule has 3 atom stereocenters. The first kappa shape index (κ1) is 17.2. The molecule has 1 aromatic rings. The maximum atomic E-state index is 10.3. The van der Waals surface area contributed by atoms with Gasteiger partial charge in [0.25, 0.3) is 0 Å². The lowest BCUT2D eigenvalue weighted by atomic mass is 9.87. The van der Waals surface area contributed by atoms with Gasteiger partial charge in [-0.25, -0.2) is 0 Å². The molecule has 0 bridgehead atoms. The van der Waals surface area contributed by atoms with E-state index in [1.807, 2.05) is 37.4 Å². The summed E-state index contributed by atoms with van der Waals surface area (Å²) in [5, 5.41) is 10.3. The Balaban J connectivity index is 2.51. The molecule has 114 valence electrons. The molecule has 3 unspecified atom stereocenters. The fourth-order valence-electron chi connectivity index (χ4n) is 2.27. The van der Waals surface area contributed by atoms with Crippen LogP contribution < -0.4 is 5.73 Å². The van der Waals surface area contributed by atoms with Gasteiger partial charge in [-0.15, -0.1) is 0 Å². The maximum Gasteiger partial charge on any atom is 0.0820 e. The van der Waals surface area contributed by atoms with Crippen molar-refractivity contribution in [3.8, 4) is 0 Å². The highest BCUT2D eigenvalue weighted by molar-refractivity contribution is 5.16. The number of nitrogens with zero attached hydrogens (tertiary/aromatic N) is 1. The topological polar surface area (TPSA) is 49.5 Å². The minimum atomic E-state index is -0.509. The molecule has 20 heavy (non-hydrogen) atoms. The smallest absolute Gasteiger partial charge is 0.0820 e. The summed E-state index contributed by atoms with van der Waals surface area (Å²) in [4.78, 5) is 2.19. The van der Waals surface area contributed by atoms with Crippen LogP contribution in [0.5, 0.6) is 0 Å². The molecule has 0 aliphatic rings. The summed E-state index contributed by atoms with van der Waals surface area (Å²) in [7, 11) is 2.05. The Bertz CT molecular complexity index is 386. The maximum absolute atomic E-state index is 10.3. The van der Waals surface area contributed by atoms with Gasteiger partial charge in [-0.2, -0.15) is 0 Å². The van der Waals surface area contributed by atoms with E-state index >= 15 is 0 Å². The Labute approximate surface area is 123 Å². The molecule has 0 aromatic heterocycles. The number of hydrogen-bond donors (Lipinski definition) is 2. The van der Waals surface area contributed by atoms with Gasteiger partial charge >= 0.3 is 0 Å². The number of aliphatic hydroxyl groups excluding tert-OH is 1. The fraction of sp³-hybridized carbons (Fsp3) is 0.647. The normalized spacial score (nSPS) is 17.0. The second-order valence-corrected chi connectivity index (χ2v) is 6.90. The van der Waals surface area contributed by atoms with E-state index in [0.717, 1.165) is 0 Å². The van der Waals surface area contributed by atoms with E-state index in [1.54, 1.807) is 0 Å². The fourth-order valence-corrected chi connectivity index (χ4v) is 2.27. The monoisotopic (exact) mass is 278 g/mol. The van der Waals surface area contributed by atoms with Crippen LogP contribution in [0.4, 0.5) is 0 Å². The lowest BCUT2D eigenvalue weighted by Crippen LogP contribution is -2.48. The third-order valence-corrected chi connectivity index (χ3v) is 4.20. The molecule has 0 aliphatic heterocycles. The standard InChI is InChI=1S/C17H30N2O/c1-13(17(2,3)4)19(5)12-16(20)15(18)11-14-9-7-6-8-10-14/h6-10,13,15-16,20H,11-12,18H2,1-5H3. The van der Waals surface area contributed by atoms with Crippen molar-refractivity contribution >= 4 is 0 Å². The van der Waals surface area contributed by atoms with Crippen molar-refractivity contribution in [3.05, 3.63) is 35.9 Å². The molecule has 0 aliphatic carbocycles. The van der Waals surface area contributed by atoms with E-state index < -0.39 is 6.10 Å². The van der Waals surface area contributed by atoms with Crippen molar-refractivity contribution in [2.24, 2.45) is 11.1 Å². The molecule has 0 saturated carbocycles. The van der Waals surface area contributed by atoms with Crippen LogP contribution in [0.15, 0.2) is 30.3 Å². The molecular weight excluding hydrogens is 248 g/mol. The number of rotatable bonds is 6. The van der Waals surface area contributed by atoms with Crippen molar-refractivity contribution in [1.82, 2.24) is 4.90 Å². The van der Waals surface area contributed by atoms with Gasteiger partial charge in [-0.05, 0) is 31.4 Å². The summed E-state index contributed by atoms with van der Waals surface area (Å²) in [6.07, 6.45) is 0.199. The zero-order valence-electron chi connectivity index (χ0n) is 13.5. The predicted octanol–water partition coefficient (Wildman–Crippen LogP) is 2.28. The third kappa shape index (κ3) is 5.23. The van der Waals surface area contributed by atoms with Crippen LogP contribution in [0.3, 0.4) is 0 Å². The Hall–Kier alpha value is -0.900. The van der Waals surface area contributed by atoms with Crippen LogP contribution in [0.1, 0.15) is 33.3 Å². The average Bonchev–Trinajstić information content (AvgIpc) is 2.37. The SMILES string of the molecule is CC(N(C)CC(O)C(N)Cc1ccccc1)C(C)(C)C. The Morgan fingerprint density at radius 1 is 1.20 bits per heavy atom. The van der Waals surface area contributed by atoms with Crippen LogP contribution in [0.25, 0.3) is 0 Å². The second-order valence-electron chi connectivity index (χ2n) is 6.90. The molecule has 0 spiro atoms. The van der Waals surface area contributed by atoms with Gasteiger partial charge in [0, 0.05) is 18.6 Å². The largest absolute Gasteiger partial charge is 0.390 e. The van der Waals surface area contributed by atoms with Crippen LogP contribution >= 0.6 is 0 Å². The zero-order chi connectivity index (χ0) is 15.3. The molecule has 0 heterocycles. The lowest BCUT2D eigenvalue weighted by Gasteiger charge is -2.37. The number of benzene rings is 1. The van der Waals surface area contributed by atoms with Crippen LogP contribution in [-0.4, -0.2) is 41.8 Å². The highest BCUT2D eigenvalue weighted by Gasteiger charge is 2.26. The minimum Gasteiger partial charge on any atom is -0.390 e. The van der Waals surface area contributed by atoms with Gasteiger partial charge in [-0.3, -0.25) is 0 Å². The van der Waals surface area contributed by atoms with Crippen molar-refractivity contribution in [3.63, 3.8) is 0 Å². The predicted molar refractivity (Wildman–Crippen MR) is 85.7 cm³/mol. The van der Waals surface area contributed by atoms with E-state index in [0.29, 0.717) is 19.0 Å². The molecule has 0 saturated heterocycles.